The van der Waals surface area contributed by atoms with E-state index in [1.807, 2.05) is 20.8 Å². The topological polar surface area (TPSA) is 66.4 Å². The third-order valence-electron chi connectivity index (χ3n) is 2.86. The van der Waals surface area contributed by atoms with E-state index in [0.717, 1.165) is 5.56 Å². The molecule has 0 unspecified atom stereocenters. The van der Waals surface area contributed by atoms with Crippen LogP contribution in [0.4, 0.5) is 0 Å². The third kappa shape index (κ3) is 3.70. The van der Waals surface area contributed by atoms with Crippen molar-refractivity contribution in [1.82, 2.24) is 5.32 Å². The summed E-state index contributed by atoms with van der Waals surface area (Å²) in [6, 6.07) is 3.27. The summed E-state index contributed by atoms with van der Waals surface area (Å²) < 4.78 is 0. The molecule has 1 rings (SSSR count). The van der Waals surface area contributed by atoms with E-state index >= 15 is 0 Å². The van der Waals surface area contributed by atoms with E-state index in [-0.39, 0.29) is 16.5 Å². The van der Waals surface area contributed by atoms with Gasteiger partial charge in [0.15, 0.2) is 0 Å². The SMILES string of the molecule is Cc1c(CNC(=O)C(C)(C)C)ccc(Cl)c1C(=O)O. The zero-order valence-electron chi connectivity index (χ0n) is 11.5. The van der Waals surface area contributed by atoms with Crippen LogP contribution in [0.2, 0.25) is 5.02 Å². The highest BCUT2D eigenvalue weighted by Gasteiger charge is 2.21. The summed E-state index contributed by atoms with van der Waals surface area (Å²) in [7, 11) is 0. The van der Waals surface area contributed by atoms with Crippen LogP contribution in [0.15, 0.2) is 12.1 Å². The molecule has 1 amide bonds. The summed E-state index contributed by atoms with van der Waals surface area (Å²) in [5.41, 5.74) is 0.938. The largest absolute Gasteiger partial charge is 0.478 e. The van der Waals surface area contributed by atoms with Crippen molar-refractivity contribution in [3.8, 4) is 0 Å². The molecule has 4 nitrogen and oxygen atoms in total. The summed E-state index contributed by atoms with van der Waals surface area (Å²) >= 11 is 5.86. The number of hydrogen-bond donors (Lipinski definition) is 2. The fourth-order valence-corrected chi connectivity index (χ4v) is 1.90. The number of aromatic carboxylic acids is 1. The Balaban J connectivity index is 2.95. The standard InChI is InChI=1S/C14H18ClNO3/c1-8-9(7-16-13(19)14(2,3)4)5-6-10(15)11(8)12(17)18/h5-6H,7H2,1-4H3,(H,16,19)(H,17,18). The zero-order valence-corrected chi connectivity index (χ0v) is 12.3. The summed E-state index contributed by atoms with van der Waals surface area (Å²) in [4.78, 5) is 22.9. The molecule has 0 heterocycles. The van der Waals surface area contributed by atoms with Crippen molar-refractivity contribution in [2.45, 2.75) is 34.2 Å². The summed E-state index contributed by atoms with van der Waals surface area (Å²) in [6.45, 7) is 7.44. The van der Waals surface area contributed by atoms with Crippen LogP contribution in [0.1, 0.15) is 42.3 Å². The van der Waals surface area contributed by atoms with Crippen LogP contribution in [0.25, 0.3) is 0 Å². The molecule has 0 aromatic heterocycles. The van der Waals surface area contributed by atoms with Crippen LogP contribution in [0.3, 0.4) is 0 Å². The van der Waals surface area contributed by atoms with E-state index in [4.69, 9.17) is 16.7 Å². The Morgan fingerprint density at radius 2 is 1.89 bits per heavy atom. The maximum atomic E-state index is 11.8. The fourth-order valence-electron chi connectivity index (χ4n) is 1.62. The molecule has 0 saturated carbocycles. The molecule has 5 heteroatoms. The van der Waals surface area contributed by atoms with Crippen molar-refractivity contribution < 1.29 is 14.7 Å². The highest BCUT2D eigenvalue weighted by Crippen LogP contribution is 2.23. The molecule has 0 aliphatic heterocycles. The van der Waals surface area contributed by atoms with Crippen molar-refractivity contribution in [3.63, 3.8) is 0 Å². The van der Waals surface area contributed by atoms with Gasteiger partial charge in [-0.3, -0.25) is 4.79 Å². The summed E-state index contributed by atoms with van der Waals surface area (Å²) in [6.07, 6.45) is 0. The number of carboxylic acid groups (broad SMARTS) is 1. The number of hydrogen-bond acceptors (Lipinski definition) is 2. The van der Waals surface area contributed by atoms with Gasteiger partial charge in [-0.2, -0.15) is 0 Å². The highest BCUT2D eigenvalue weighted by molar-refractivity contribution is 6.33. The van der Waals surface area contributed by atoms with Gasteiger partial charge in [-0.25, -0.2) is 4.79 Å². The third-order valence-corrected chi connectivity index (χ3v) is 3.18. The molecule has 0 aliphatic rings. The van der Waals surface area contributed by atoms with Crippen LogP contribution in [0.5, 0.6) is 0 Å². The predicted molar refractivity (Wildman–Crippen MR) is 74.5 cm³/mol. The number of rotatable bonds is 3. The Hall–Kier alpha value is -1.55. The van der Waals surface area contributed by atoms with Gasteiger partial charge in [0.05, 0.1) is 10.6 Å². The summed E-state index contributed by atoms with van der Waals surface area (Å²) in [5.74, 6) is -1.15. The molecule has 0 saturated heterocycles. The number of carbonyl (C=O) groups is 2. The molecule has 19 heavy (non-hydrogen) atoms. The minimum atomic E-state index is -1.06. The van der Waals surface area contributed by atoms with Gasteiger partial charge in [0.1, 0.15) is 0 Å². The first-order valence-corrected chi connectivity index (χ1v) is 6.32. The van der Waals surface area contributed by atoms with Gasteiger partial charge in [-0.05, 0) is 24.1 Å². The predicted octanol–water partition coefficient (Wildman–Crippen LogP) is 3.01. The number of nitrogens with one attached hydrogen (secondary N) is 1. The van der Waals surface area contributed by atoms with Crippen LogP contribution >= 0.6 is 11.6 Å². The zero-order chi connectivity index (χ0) is 14.8. The van der Waals surface area contributed by atoms with Gasteiger partial charge in [0, 0.05) is 12.0 Å². The van der Waals surface area contributed by atoms with E-state index in [1.54, 1.807) is 13.0 Å². The van der Waals surface area contributed by atoms with Crippen molar-refractivity contribution >= 4 is 23.5 Å². The lowest BCUT2D eigenvalue weighted by molar-refractivity contribution is -0.128. The van der Waals surface area contributed by atoms with Crippen molar-refractivity contribution in [3.05, 3.63) is 33.8 Å². The number of benzene rings is 1. The van der Waals surface area contributed by atoms with Gasteiger partial charge in [-0.15, -0.1) is 0 Å². The maximum absolute atomic E-state index is 11.8. The number of amides is 1. The molecule has 104 valence electrons. The highest BCUT2D eigenvalue weighted by atomic mass is 35.5. The van der Waals surface area contributed by atoms with Crippen molar-refractivity contribution in [2.24, 2.45) is 5.41 Å². The smallest absolute Gasteiger partial charge is 0.337 e. The lowest BCUT2D eigenvalue weighted by Crippen LogP contribution is -2.34. The Morgan fingerprint density at radius 3 is 2.37 bits per heavy atom. The minimum absolute atomic E-state index is 0.0845. The number of halogens is 1. The number of carbonyl (C=O) groups excluding carboxylic acids is 1. The lowest BCUT2D eigenvalue weighted by atomic mass is 9.95. The average molecular weight is 284 g/mol. The first-order valence-electron chi connectivity index (χ1n) is 5.94. The van der Waals surface area contributed by atoms with Crippen LogP contribution < -0.4 is 5.32 Å². The Morgan fingerprint density at radius 1 is 1.32 bits per heavy atom. The van der Waals surface area contributed by atoms with Gasteiger partial charge in [0.2, 0.25) is 5.91 Å². The quantitative estimate of drug-likeness (QED) is 0.896. The summed E-state index contributed by atoms with van der Waals surface area (Å²) in [5, 5.41) is 12.1. The second-order valence-electron chi connectivity index (χ2n) is 5.44. The Kier molecular flexibility index (Phi) is 4.58. The van der Waals surface area contributed by atoms with E-state index in [1.165, 1.54) is 6.07 Å². The van der Waals surface area contributed by atoms with Crippen molar-refractivity contribution in [1.29, 1.82) is 0 Å². The van der Waals surface area contributed by atoms with Gasteiger partial charge >= 0.3 is 5.97 Å². The molecule has 0 atom stereocenters. The van der Waals surface area contributed by atoms with E-state index in [2.05, 4.69) is 5.32 Å². The van der Waals surface area contributed by atoms with Crippen LogP contribution in [-0.4, -0.2) is 17.0 Å². The molecule has 0 radical (unpaired) electrons. The van der Waals surface area contributed by atoms with E-state index in [9.17, 15) is 9.59 Å². The molecule has 0 spiro atoms. The van der Waals surface area contributed by atoms with Gasteiger partial charge in [-0.1, -0.05) is 38.4 Å². The molecule has 2 N–H and O–H groups in total. The monoisotopic (exact) mass is 283 g/mol. The minimum Gasteiger partial charge on any atom is -0.478 e. The normalized spacial score (nSPS) is 11.2. The van der Waals surface area contributed by atoms with Crippen LogP contribution in [0, 0.1) is 12.3 Å². The first-order chi connectivity index (χ1) is 8.64. The first kappa shape index (κ1) is 15.5. The second kappa shape index (κ2) is 5.61. The lowest BCUT2D eigenvalue weighted by Gasteiger charge is -2.18. The van der Waals surface area contributed by atoms with Gasteiger partial charge in [0.25, 0.3) is 0 Å². The second-order valence-corrected chi connectivity index (χ2v) is 5.85. The molecule has 0 bridgehead atoms. The molecular formula is C14H18ClNO3. The average Bonchev–Trinajstić information content (AvgIpc) is 2.25. The Bertz CT molecular complexity index is 518. The maximum Gasteiger partial charge on any atom is 0.337 e. The van der Waals surface area contributed by atoms with Crippen LogP contribution in [-0.2, 0) is 11.3 Å². The fraction of sp³-hybridized carbons (Fsp3) is 0.429. The van der Waals surface area contributed by atoms with Crippen molar-refractivity contribution in [2.75, 3.05) is 0 Å². The number of carboxylic acids is 1. The molecule has 0 fully saturated rings. The molecule has 1 aromatic rings. The Labute approximate surface area is 117 Å². The molecular weight excluding hydrogens is 266 g/mol. The molecule has 0 aliphatic carbocycles. The van der Waals surface area contributed by atoms with E-state index < -0.39 is 11.4 Å². The van der Waals surface area contributed by atoms with Gasteiger partial charge < -0.3 is 10.4 Å². The van der Waals surface area contributed by atoms with E-state index in [0.29, 0.717) is 12.1 Å². The molecule has 1 aromatic carbocycles.